The molecular formula is C29H25F2N5O4. The molecule has 11 heteroatoms. The standard InChI is InChI=1S/C29H25F2N5O4/c30-28(31)40-22-4-2-1-3-19(22)20-9-21(37)25-26(20)36-14-15(7-8-23(36)34-25)18-10-32-29(33-11-18)35-12-16-5-6-17(13-35)24(16)27(38)39/h1-4,7-8,10-11,14,16-17,20,24,28H,5-6,9,12-13H2,(H,38,39)/t16-,17+,20-,24?/m1/s1. The third-order valence-corrected chi connectivity index (χ3v) is 8.52. The third-order valence-electron chi connectivity index (χ3n) is 8.52. The van der Waals surface area contributed by atoms with E-state index in [0.717, 1.165) is 24.0 Å². The molecule has 2 aliphatic carbocycles. The van der Waals surface area contributed by atoms with Gasteiger partial charge in [0, 0.05) is 60.7 Å². The highest BCUT2D eigenvalue weighted by Crippen LogP contribution is 2.44. The molecular weight excluding hydrogens is 520 g/mol. The Balaban J connectivity index is 1.20. The van der Waals surface area contributed by atoms with Crippen LogP contribution in [-0.2, 0) is 4.79 Å². The van der Waals surface area contributed by atoms with Gasteiger partial charge in [0.2, 0.25) is 5.95 Å². The van der Waals surface area contributed by atoms with E-state index in [1.54, 1.807) is 30.6 Å². The summed E-state index contributed by atoms with van der Waals surface area (Å²) in [4.78, 5) is 40.4. The number of carboxylic acids is 1. The van der Waals surface area contributed by atoms with Crippen molar-refractivity contribution in [3.8, 4) is 16.9 Å². The number of imidazole rings is 1. The first kappa shape index (κ1) is 24.6. The number of anilines is 1. The van der Waals surface area contributed by atoms with Gasteiger partial charge < -0.3 is 19.1 Å². The second kappa shape index (κ2) is 9.35. The molecule has 40 heavy (non-hydrogen) atoms. The van der Waals surface area contributed by atoms with Gasteiger partial charge in [-0.15, -0.1) is 0 Å². The van der Waals surface area contributed by atoms with E-state index in [9.17, 15) is 23.5 Å². The number of ether oxygens (including phenoxy) is 1. The average Bonchev–Trinajstić information content (AvgIpc) is 3.57. The summed E-state index contributed by atoms with van der Waals surface area (Å²) in [5.41, 5.74) is 3.63. The van der Waals surface area contributed by atoms with Crippen LogP contribution in [0.3, 0.4) is 0 Å². The molecule has 3 aromatic heterocycles. The zero-order valence-electron chi connectivity index (χ0n) is 21.3. The van der Waals surface area contributed by atoms with Crippen molar-refractivity contribution in [1.82, 2.24) is 19.4 Å². The van der Waals surface area contributed by atoms with Crippen molar-refractivity contribution in [2.45, 2.75) is 31.8 Å². The Morgan fingerprint density at radius 3 is 2.45 bits per heavy atom. The molecule has 9 nitrogen and oxygen atoms in total. The van der Waals surface area contributed by atoms with Crippen LogP contribution in [0.5, 0.6) is 5.75 Å². The van der Waals surface area contributed by atoms with Crippen LogP contribution in [0.1, 0.15) is 46.9 Å². The van der Waals surface area contributed by atoms with Gasteiger partial charge in [-0.2, -0.15) is 8.78 Å². The molecule has 4 heterocycles. The zero-order valence-corrected chi connectivity index (χ0v) is 21.3. The van der Waals surface area contributed by atoms with E-state index in [-0.39, 0.29) is 35.7 Å². The summed E-state index contributed by atoms with van der Waals surface area (Å²) in [5, 5.41) is 9.59. The number of carboxylic acid groups (broad SMARTS) is 1. The van der Waals surface area contributed by atoms with E-state index in [1.165, 1.54) is 6.07 Å². The molecule has 2 fully saturated rings. The number of piperidine rings is 1. The Labute approximate surface area is 227 Å². The number of nitrogens with zero attached hydrogens (tertiary/aromatic N) is 5. The number of hydrogen-bond acceptors (Lipinski definition) is 7. The Morgan fingerprint density at radius 2 is 1.75 bits per heavy atom. The maximum atomic E-state index is 13.1. The van der Waals surface area contributed by atoms with Gasteiger partial charge in [-0.05, 0) is 42.9 Å². The van der Waals surface area contributed by atoms with Gasteiger partial charge in [-0.1, -0.05) is 18.2 Å². The lowest BCUT2D eigenvalue weighted by Crippen LogP contribution is -2.45. The number of para-hydroxylation sites is 1. The summed E-state index contributed by atoms with van der Waals surface area (Å²) in [6, 6.07) is 10.2. The Hall–Kier alpha value is -4.41. The van der Waals surface area contributed by atoms with Crippen LogP contribution in [0.25, 0.3) is 16.8 Å². The van der Waals surface area contributed by atoms with Gasteiger partial charge in [-0.25, -0.2) is 15.0 Å². The summed E-state index contributed by atoms with van der Waals surface area (Å²) in [6.07, 6.45) is 7.27. The topological polar surface area (TPSA) is 110 Å². The van der Waals surface area contributed by atoms with Crippen molar-refractivity contribution in [1.29, 1.82) is 0 Å². The number of hydrogen-bond donors (Lipinski definition) is 1. The number of ketones is 1. The van der Waals surface area contributed by atoms with E-state index in [4.69, 9.17) is 4.74 Å². The van der Waals surface area contributed by atoms with Crippen LogP contribution in [0, 0.1) is 17.8 Å². The van der Waals surface area contributed by atoms with Crippen LogP contribution in [0.15, 0.2) is 55.0 Å². The molecule has 1 unspecified atom stereocenters. The van der Waals surface area contributed by atoms with Gasteiger partial charge in [-0.3, -0.25) is 9.59 Å². The quantitative estimate of drug-likeness (QED) is 0.373. The number of benzene rings is 1. The maximum absolute atomic E-state index is 13.1. The largest absolute Gasteiger partial charge is 0.481 e. The Bertz CT molecular complexity index is 1630. The molecule has 1 N–H and O–H groups in total. The third kappa shape index (κ3) is 3.99. The molecule has 3 aliphatic rings. The van der Waals surface area contributed by atoms with Crippen molar-refractivity contribution in [3.63, 3.8) is 0 Å². The predicted molar refractivity (Wildman–Crippen MR) is 140 cm³/mol. The van der Waals surface area contributed by atoms with Crippen LogP contribution >= 0.6 is 0 Å². The first-order chi connectivity index (χ1) is 19.4. The van der Waals surface area contributed by atoms with Gasteiger partial charge in [0.25, 0.3) is 0 Å². The van der Waals surface area contributed by atoms with Crippen molar-refractivity contribution in [2.24, 2.45) is 17.8 Å². The highest BCUT2D eigenvalue weighted by Gasteiger charge is 2.46. The lowest BCUT2D eigenvalue weighted by atomic mass is 9.85. The minimum absolute atomic E-state index is 0.0408. The fraction of sp³-hybridized carbons (Fsp3) is 0.345. The number of aliphatic carboxylic acids is 1. The highest BCUT2D eigenvalue weighted by atomic mass is 19.3. The first-order valence-electron chi connectivity index (χ1n) is 13.3. The summed E-state index contributed by atoms with van der Waals surface area (Å²) >= 11 is 0. The van der Waals surface area contributed by atoms with E-state index in [1.807, 2.05) is 22.7 Å². The number of rotatable bonds is 6. The van der Waals surface area contributed by atoms with E-state index in [0.29, 0.717) is 41.6 Å². The Kier molecular flexibility index (Phi) is 5.76. The predicted octanol–water partition coefficient (Wildman–Crippen LogP) is 4.66. The summed E-state index contributed by atoms with van der Waals surface area (Å²) in [6.45, 7) is -1.72. The number of halogens is 2. The van der Waals surface area contributed by atoms with E-state index in [2.05, 4.69) is 19.9 Å². The number of pyridine rings is 1. The van der Waals surface area contributed by atoms with Crippen LogP contribution in [0.4, 0.5) is 14.7 Å². The molecule has 0 radical (unpaired) electrons. The summed E-state index contributed by atoms with van der Waals surface area (Å²) < 4.78 is 32.8. The minimum atomic E-state index is -2.98. The number of fused-ring (bicyclic) bond motifs is 5. The van der Waals surface area contributed by atoms with Gasteiger partial charge >= 0.3 is 12.6 Å². The van der Waals surface area contributed by atoms with Gasteiger partial charge in [0.1, 0.15) is 17.1 Å². The molecule has 4 atom stereocenters. The highest BCUT2D eigenvalue weighted by molar-refractivity contribution is 6.00. The molecule has 1 aliphatic heterocycles. The minimum Gasteiger partial charge on any atom is -0.481 e. The van der Waals surface area contributed by atoms with Crippen LogP contribution in [-0.4, -0.2) is 55.9 Å². The van der Waals surface area contributed by atoms with Crippen molar-refractivity contribution in [2.75, 3.05) is 18.0 Å². The zero-order chi connectivity index (χ0) is 27.5. The summed E-state index contributed by atoms with van der Waals surface area (Å²) in [5.74, 6) is -0.790. The Morgan fingerprint density at radius 1 is 1.02 bits per heavy atom. The maximum Gasteiger partial charge on any atom is 0.387 e. The molecule has 2 bridgehead atoms. The number of carbonyl (C=O) groups is 2. The molecule has 0 spiro atoms. The van der Waals surface area contributed by atoms with E-state index >= 15 is 0 Å². The average molecular weight is 546 g/mol. The van der Waals surface area contributed by atoms with Crippen molar-refractivity contribution < 1.29 is 28.2 Å². The second-order valence-corrected chi connectivity index (χ2v) is 10.7. The van der Waals surface area contributed by atoms with Crippen LogP contribution in [0.2, 0.25) is 0 Å². The monoisotopic (exact) mass is 545 g/mol. The fourth-order valence-corrected chi connectivity index (χ4v) is 6.80. The second-order valence-electron chi connectivity index (χ2n) is 10.7. The molecule has 7 rings (SSSR count). The molecule has 4 aromatic rings. The van der Waals surface area contributed by atoms with Crippen molar-refractivity contribution in [3.05, 3.63) is 71.9 Å². The summed E-state index contributed by atoms with van der Waals surface area (Å²) in [7, 11) is 0. The number of carbonyl (C=O) groups excluding carboxylic acids is 1. The number of aromatic nitrogens is 4. The van der Waals surface area contributed by atoms with Gasteiger partial charge in [0.15, 0.2) is 5.78 Å². The molecule has 1 saturated heterocycles. The molecule has 1 saturated carbocycles. The number of alkyl halides is 2. The van der Waals surface area contributed by atoms with Gasteiger partial charge in [0.05, 0.1) is 11.6 Å². The lowest BCUT2D eigenvalue weighted by molar-refractivity contribution is -0.144. The normalized spacial score (nSPS) is 23.7. The molecule has 1 aromatic carbocycles. The lowest BCUT2D eigenvalue weighted by Gasteiger charge is -2.35. The molecule has 0 amide bonds. The fourth-order valence-electron chi connectivity index (χ4n) is 6.80. The van der Waals surface area contributed by atoms with Crippen molar-refractivity contribution >= 4 is 23.3 Å². The smallest absolute Gasteiger partial charge is 0.387 e. The SMILES string of the molecule is O=C1C[C@H](c2ccccc2OC(F)F)c2c1nc1ccc(-c3cnc(N4C[C@H]5CC[C@@H](C4)C5C(=O)O)nc3)cn21. The van der Waals surface area contributed by atoms with E-state index < -0.39 is 18.5 Å². The van der Waals surface area contributed by atoms with Crippen LogP contribution < -0.4 is 9.64 Å². The number of Topliss-reactive ketones (excluding diaryl/α,β-unsaturated/α-hetero) is 1. The molecule has 204 valence electrons. The first-order valence-corrected chi connectivity index (χ1v) is 13.3.